The van der Waals surface area contributed by atoms with E-state index in [1.807, 2.05) is 48.5 Å². The van der Waals surface area contributed by atoms with Gasteiger partial charge in [0.1, 0.15) is 24.3 Å². The molecule has 2 N–H and O–H groups in total. The summed E-state index contributed by atoms with van der Waals surface area (Å²) in [4.78, 5) is 4.11. The number of aliphatic hydroxyl groups excluding tert-OH is 1. The molecule has 1 aromatic heterocycles. The minimum atomic E-state index is -0.577. The second-order valence-electron chi connectivity index (χ2n) is 3.87. The van der Waals surface area contributed by atoms with Crippen molar-refractivity contribution in [2.45, 2.75) is 6.10 Å². The Morgan fingerprint density at radius 2 is 1.89 bits per heavy atom. The molecule has 1 aromatic carbocycles. The number of benzene rings is 1. The minimum Gasteiger partial charge on any atom is -0.491 e. The van der Waals surface area contributed by atoms with Crippen LogP contribution in [0, 0.1) is 0 Å². The summed E-state index contributed by atoms with van der Waals surface area (Å²) in [6, 6.07) is 15.0. The predicted molar refractivity (Wildman–Crippen MR) is 70.7 cm³/mol. The van der Waals surface area contributed by atoms with Gasteiger partial charge in [-0.3, -0.25) is 0 Å². The van der Waals surface area contributed by atoms with Crippen LogP contribution in [0.2, 0.25) is 0 Å². The molecule has 0 spiro atoms. The molecule has 0 aliphatic carbocycles. The highest BCUT2D eigenvalue weighted by molar-refractivity contribution is 5.33. The van der Waals surface area contributed by atoms with E-state index in [1.54, 1.807) is 6.20 Å². The van der Waals surface area contributed by atoms with Gasteiger partial charge in [-0.1, -0.05) is 24.3 Å². The summed E-state index contributed by atoms with van der Waals surface area (Å²) in [5.41, 5.74) is 0. The molecule has 2 rings (SSSR count). The van der Waals surface area contributed by atoms with E-state index in [-0.39, 0.29) is 6.61 Å². The van der Waals surface area contributed by atoms with Crippen molar-refractivity contribution in [3.05, 3.63) is 54.7 Å². The Labute approximate surface area is 106 Å². The van der Waals surface area contributed by atoms with Gasteiger partial charge in [-0.05, 0) is 24.3 Å². The number of rotatable bonds is 6. The molecular weight excluding hydrogens is 228 g/mol. The van der Waals surface area contributed by atoms with Gasteiger partial charge in [-0.25, -0.2) is 4.98 Å². The molecule has 0 fully saturated rings. The first-order valence-corrected chi connectivity index (χ1v) is 5.85. The molecule has 0 aliphatic rings. The van der Waals surface area contributed by atoms with Gasteiger partial charge in [0.05, 0.1) is 0 Å². The third kappa shape index (κ3) is 4.07. The highest BCUT2D eigenvalue weighted by Gasteiger charge is 2.05. The number of nitrogens with one attached hydrogen (secondary N) is 1. The molecule has 0 bridgehead atoms. The first-order chi connectivity index (χ1) is 8.84. The Morgan fingerprint density at radius 1 is 1.11 bits per heavy atom. The van der Waals surface area contributed by atoms with Crippen LogP contribution < -0.4 is 10.1 Å². The maximum Gasteiger partial charge on any atom is 0.125 e. The van der Waals surface area contributed by atoms with E-state index in [4.69, 9.17) is 4.74 Å². The summed E-state index contributed by atoms with van der Waals surface area (Å²) in [5.74, 6) is 1.51. The lowest BCUT2D eigenvalue weighted by molar-refractivity contribution is 0.117. The fourth-order valence-corrected chi connectivity index (χ4v) is 1.46. The Bertz CT molecular complexity index is 404. The maximum absolute atomic E-state index is 9.76. The fraction of sp³-hybridized carbons (Fsp3) is 0.214. The predicted octanol–water partition coefficient (Wildman–Crippen LogP) is 1.93. The van der Waals surface area contributed by atoms with Crippen molar-refractivity contribution >= 4 is 5.82 Å². The molecule has 1 atom stereocenters. The van der Waals surface area contributed by atoms with Crippen LogP contribution in [0.25, 0.3) is 0 Å². The molecule has 0 saturated carbocycles. The number of pyridine rings is 1. The zero-order valence-corrected chi connectivity index (χ0v) is 9.99. The molecule has 0 amide bonds. The molecule has 4 heteroatoms. The molecule has 0 aliphatic heterocycles. The van der Waals surface area contributed by atoms with Crippen LogP contribution in [-0.4, -0.2) is 29.3 Å². The number of aliphatic hydroxyl groups is 1. The lowest BCUT2D eigenvalue weighted by Crippen LogP contribution is -2.26. The van der Waals surface area contributed by atoms with Gasteiger partial charge in [0, 0.05) is 12.7 Å². The maximum atomic E-state index is 9.76. The van der Waals surface area contributed by atoms with E-state index in [0.717, 1.165) is 11.6 Å². The quantitative estimate of drug-likeness (QED) is 0.815. The number of nitrogens with zero attached hydrogens (tertiary/aromatic N) is 1. The van der Waals surface area contributed by atoms with Crippen LogP contribution in [0.1, 0.15) is 0 Å². The van der Waals surface area contributed by atoms with Crippen molar-refractivity contribution in [3.63, 3.8) is 0 Å². The van der Waals surface area contributed by atoms with Gasteiger partial charge in [0.15, 0.2) is 0 Å². The molecule has 94 valence electrons. The van der Waals surface area contributed by atoms with Crippen molar-refractivity contribution < 1.29 is 9.84 Å². The summed E-state index contributed by atoms with van der Waals surface area (Å²) in [6.07, 6.45) is 1.13. The molecule has 2 aromatic rings. The van der Waals surface area contributed by atoms with Crippen molar-refractivity contribution in [1.29, 1.82) is 0 Å². The van der Waals surface area contributed by atoms with Gasteiger partial charge < -0.3 is 15.2 Å². The van der Waals surface area contributed by atoms with E-state index < -0.39 is 6.10 Å². The standard InChI is InChI=1S/C14H16N2O2/c17-12(10-16-14-8-4-5-9-15-14)11-18-13-6-2-1-3-7-13/h1-9,12,17H,10-11H2,(H,15,16)/t12-/m1/s1. The first-order valence-electron chi connectivity index (χ1n) is 5.85. The normalized spacial score (nSPS) is 11.8. The third-order valence-corrected chi connectivity index (χ3v) is 2.37. The molecular formula is C14H16N2O2. The van der Waals surface area contributed by atoms with Crippen LogP contribution in [-0.2, 0) is 0 Å². The number of aromatic nitrogens is 1. The largest absolute Gasteiger partial charge is 0.491 e. The molecule has 0 radical (unpaired) electrons. The number of anilines is 1. The van der Waals surface area contributed by atoms with Crippen molar-refractivity contribution in [2.75, 3.05) is 18.5 Å². The Hall–Kier alpha value is -2.07. The van der Waals surface area contributed by atoms with Gasteiger partial charge in [0.25, 0.3) is 0 Å². The topological polar surface area (TPSA) is 54.4 Å². The SMILES string of the molecule is O[C@H](CNc1ccccn1)COc1ccccc1. The van der Waals surface area contributed by atoms with Gasteiger partial charge in [0.2, 0.25) is 0 Å². The summed E-state index contributed by atoms with van der Waals surface area (Å²) in [6.45, 7) is 0.660. The van der Waals surface area contributed by atoms with Crippen LogP contribution in [0.15, 0.2) is 54.7 Å². The highest BCUT2D eigenvalue weighted by Crippen LogP contribution is 2.08. The van der Waals surface area contributed by atoms with Crippen molar-refractivity contribution in [3.8, 4) is 5.75 Å². The lowest BCUT2D eigenvalue weighted by Gasteiger charge is -2.13. The Morgan fingerprint density at radius 3 is 2.61 bits per heavy atom. The fourth-order valence-electron chi connectivity index (χ4n) is 1.46. The van der Waals surface area contributed by atoms with Crippen LogP contribution >= 0.6 is 0 Å². The van der Waals surface area contributed by atoms with E-state index in [2.05, 4.69) is 10.3 Å². The molecule has 0 unspecified atom stereocenters. The summed E-state index contributed by atoms with van der Waals surface area (Å²) < 4.78 is 5.45. The van der Waals surface area contributed by atoms with Crippen LogP contribution in [0.3, 0.4) is 0 Å². The average Bonchev–Trinajstić information content (AvgIpc) is 2.45. The lowest BCUT2D eigenvalue weighted by atomic mass is 10.3. The highest BCUT2D eigenvalue weighted by atomic mass is 16.5. The minimum absolute atomic E-state index is 0.254. The molecule has 4 nitrogen and oxygen atoms in total. The van der Waals surface area contributed by atoms with Crippen LogP contribution in [0.4, 0.5) is 5.82 Å². The van der Waals surface area contributed by atoms with E-state index >= 15 is 0 Å². The second-order valence-corrected chi connectivity index (χ2v) is 3.87. The van der Waals surface area contributed by atoms with Gasteiger partial charge in [-0.2, -0.15) is 0 Å². The van der Waals surface area contributed by atoms with Crippen molar-refractivity contribution in [2.24, 2.45) is 0 Å². The monoisotopic (exact) mass is 244 g/mol. The second kappa shape index (κ2) is 6.61. The van der Waals surface area contributed by atoms with E-state index in [0.29, 0.717) is 6.54 Å². The number of hydrogen-bond donors (Lipinski definition) is 2. The Balaban J connectivity index is 1.71. The molecule has 1 heterocycles. The number of para-hydroxylation sites is 1. The number of hydrogen-bond acceptors (Lipinski definition) is 4. The van der Waals surface area contributed by atoms with Crippen molar-refractivity contribution in [1.82, 2.24) is 4.98 Å². The molecule has 18 heavy (non-hydrogen) atoms. The number of ether oxygens (including phenoxy) is 1. The summed E-state index contributed by atoms with van der Waals surface area (Å²) in [5, 5.41) is 12.8. The van der Waals surface area contributed by atoms with Gasteiger partial charge in [-0.15, -0.1) is 0 Å². The van der Waals surface area contributed by atoms with E-state index in [9.17, 15) is 5.11 Å². The first kappa shape index (κ1) is 12.4. The average molecular weight is 244 g/mol. The summed E-state index contributed by atoms with van der Waals surface area (Å²) >= 11 is 0. The third-order valence-electron chi connectivity index (χ3n) is 2.37. The van der Waals surface area contributed by atoms with E-state index in [1.165, 1.54) is 0 Å². The Kier molecular flexibility index (Phi) is 4.55. The smallest absolute Gasteiger partial charge is 0.125 e. The zero-order valence-electron chi connectivity index (χ0n) is 9.99. The zero-order chi connectivity index (χ0) is 12.6. The van der Waals surface area contributed by atoms with Crippen LogP contribution in [0.5, 0.6) is 5.75 Å². The van der Waals surface area contributed by atoms with Gasteiger partial charge >= 0.3 is 0 Å². The molecule has 0 saturated heterocycles. The summed E-state index contributed by atoms with van der Waals surface area (Å²) in [7, 11) is 0.